The minimum absolute atomic E-state index is 0.0870. The highest BCUT2D eigenvalue weighted by Gasteiger charge is 2.13. The van der Waals surface area contributed by atoms with E-state index in [0.29, 0.717) is 16.7 Å². The highest BCUT2D eigenvalue weighted by Crippen LogP contribution is 2.28. The topological polar surface area (TPSA) is 68.0 Å². The molecular formula is C20H21N3O2S2. The van der Waals surface area contributed by atoms with Gasteiger partial charge in [-0.2, -0.15) is 0 Å². The molecule has 0 spiro atoms. The molecule has 0 saturated heterocycles. The van der Waals surface area contributed by atoms with Crippen LogP contribution in [0.4, 0.5) is 6.01 Å². The first-order valence-corrected chi connectivity index (χ1v) is 10.6. The number of hydrogen-bond acceptors (Lipinski definition) is 6. The van der Waals surface area contributed by atoms with Gasteiger partial charge in [-0.15, -0.1) is 28.6 Å². The van der Waals surface area contributed by atoms with Gasteiger partial charge in [-0.1, -0.05) is 31.9 Å². The maximum Gasteiger partial charge on any atom is 0.322 e. The first-order chi connectivity index (χ1) is 13.0. The second-order valence-corrected chi connectivity index (χ2v) is 9.01. The number of aromatic nitrogens is 2. The number of carbonyl (C=O) groups is 1. The number of thioether (sulfide) groups is 2. The van der Waals surface area contributed by atoms with Crippen LogP contribution in [0.5, 0.6) is 0 Å². The summed E-state index contributed by atoms with van der Waals surface area (Å²) in [6.07, 6.45) is 0. The second-order valence-electron chi connectivity index (χ2n) is 6.02. The predicted molar refractivity (Wildman–Crippen MR) is 112 cm³/mol. The van der Waals surface area contributed by atoms with E-state index in [1.807, 2.05) is 36.4 Å². The smallest absolute Gasteiger partial charge is 0.322 e. The number of carbonyl (C=O) groups excluding carboxylic acids is 1. The van der Waals surface area contributed by atoms with Crippen LogP contribution >= 0.6 is 23.5 Å². The molecule has 0 fully saturated rings. The largest absolute Gasteiger partial charge is 0.403 e. The Morgan fingerprint density at radius 3 is 2.59 bits per heavy atom. The summed E-state index contributed by atoms with van der Waals surface area (Å²) in [5.74, 6) is 1.10. The van der Waals surface area contributed by atoms with Crippen molar-refractivity contribution in [3.05, 3.63) is 54.1 Å². The molecule has 2 aromatic carbocycles. The van der Waals surface area contributed by atoms with Crippen molar-refractivity contribution >= 4 is 35.4 Å². The standard InChI is InChI=1S/C20H21N3O2S2/c1-4-26-16-10-8-14(9-11-16)18(24)21-20-23-22-19(25-20)15-6-5-7-17(12-15)27-13(2)3/h5-13H,4H2,1-3H3,(H,21,23,24). The molecule has 0 bridgehead atoms. The molecule has 0 saturated carbocycles. The van der Waals surface area contributed by atoms with Crippen molar-refractivity contribution in [1.82, 2.24) is 10.2 Å². The lowest BCUT2D eigenvalue weighted by atomic mass is 10.2. The lowest BCUT2D eigenvalue weighted by Gasteiger charge is -2.05. The van der Waals surface area contributed by atoms with Crippen molar-refractivity contribution in [1.29, 1.82) is 0 Å². The van der Waals surface area contributed by atoms with Crippen molar-refractivity contribution in [2.75, 3.05) is 11.1 Å². The Morgan fingerprint density at radius 2 is 1.89 bits per heavy atom. The molecule has 5 nitrogen and oxygen atoms in total. The van der Waals surface area contributed by atoms with Crippen LogP contribution in [-0.4, -0.2) is 27.1 Å². The molecular weight excluding hydrogens is 378 g/mol. The Bertz CT molecular complexity index is 908. The van der Waals surface area contributed by atoms with Gasteiger partial charge in [0.1, 0.15) is 0 Å². The van der Waals surface area contributed by atoms with Crippen LogP contribution in [0.15, 0.2) is 62.7 Å². The molecule has 0 radical (unpaired) electrons. The minimum Gasteiger partial charge on any atom is -0.403 e. The van der Waals surface area contributed by atoms with Crippen LogP contribution in [0.2, 0.25) is 0 Å². The Hall–Kier alpha value is -2.25. The molecule has 0 aliphatic rings. The van der Waals surface area contributed by atoms with E-state index in [1.165, 1.54) is 0 Å². The van der Waals surface area contributed by atoms with Gasteiger partial charge in [-0.3, -0.25) is 10.1 Å². The van der Waals surface area contributed by atoms with E-state index in [-0.39, 0.29) is 11.9 Å². The van der Waals surface area contributed by atoms with Crippen LogP contribution in [0.1, 0.15) is 31.1 Å². The maximum absolute atomic E-state index is 12.4. The van der Waals surface area contributed by atoms with Gasteiger partial charge in [0.25, 0.3) is 5.91 Å². The second kappa shape index (κ2) is 9.10. The molecule has 1 N–H and O–H groups in total. The molecule has 1 amide bonds. The molecule has 7 heteroatoms. The van der Waals surface area contributed by atoms with Crippen LogP contribution in [0.25, 0.3) is 11.5 Å². The summed E-state index contributed by atoms with van der Waals surface area (Å²) >= 11 is 3.50. The average Bonchev–Trinajstić information content (AvgIpc) is 3.11. The number of amides is 1. The van der Waals surface area contributed by atoms with Gasteiger partial charge >= 0.3 is 6.01 Å². The number of benzene rings is 2. The van der Waals surface area contributed by atoms with Crippen LogP contribution in [-0.2, 0) is 0 Å². The van der Waals surface area contributed by atoms with E-state index in [4.69, 9.17) is 4.42 Å². The molecule has 3 aromatic rings. The molecule has 27 heavy (non-hydrogen) atoms. The summed E-state index contributed by atoms with van der Waals surface area (Å²) in [5, 5.41) is 11.1. The highest BCUT2D eigenvalue weighted by molar-refractivity contribution is 8.00. The average molecular weight is 400 g/mol. The van der Waals surface area contributed by atoms with Crippen LogP contribution in [0, 0.1) is 0 Å². The maximum atomic E-state index is 12.4. The van der Waals surface area contributed by atoms with Crippen molar-refractivity contribution in [2.45, 2.75) is 35.8 Å². The van der Waals surface area contributed by atoms with Crippen molar-refractivity contribution in [3.63, 3.8) is 0 Å². The number of nitrogens with zero attached hydrogens (tertiary/aromatic N) is 2. The molecule has 3 rings (SSSR count). The third-order valence-corrected chi connectivity index (χ3v) is 5.42. The van der Waals surface area contributed by atoms with E-state index < -0.39 is 0 Å². The Morgan fingerprint density at radius 1 is 1.11 bits per heavy atom. The monoisotopic (exact) mass is 399 g/mol. The summed E-state index contributed by atoms with van der Waals surface area (Å²) in [6, 6.07) is 15.5. The molecule has 1 heterocycles. The third kappa shape index (κ3) is 5.37. The molecule has 140 valence electrons. The predicted octanol–water partition coefficient (Wildman–Crippen LogP) is 5.60. The van der Waals surface area contributed by atoms with Crippen molar-refractivity contribution in [3.8, 4) is 11.5 Å². The molecule has 0 unspecified atom stereocenters. The summed E-state index contributed by atoms with van der Waals surface area (Å²) in [5.41, 5.74) is 1.38. The lowest BCUT2D eigenvalue weighted by Crippen LogP contribution is -2.11. The zero-order valence-corrected chi connectivity index (χ0v) is 17.1. The van der Waals surface area contributed by atoms with E-state index in [0.717, 1.165) is 21.1 Å². The lowest BCUT2D eigenvalue weighted by molar-refractivity contribution is 0.102. The normalized spacial score (nSPS) is 11.0. The quantitative estimate of drug-likeness (QED) is 0.522. The van der Waals surface area contributed by atoms with Gasteiger partial charge in [-0.25, -0.2) is 0 Å². The zero-order valence-electron chi connectivity index (χ0n) is 15.4. The number of anilines is 1. The molecule has 0 aliphatic carbocycles. The first kappa shape index (κ1) is 19.5. The Labute approximate surface area is 167 Å². The highest BCUT2D eigenvalue weighted by atomic mass is 32.2. The molecule has 1 aromatic heterocycles. The first-order valence-electron chi connectivity index (χ1n) is 8.70. The van der Waals surface area contributed by atoms with Gasteiger partial charge in [0.15, 0.2) is 0 Å². The summed E-state index contributed by atoms with van der Waals surface area (Å²) < 4.78 is 5.62. The van der Waals surface area contributed by atoms with Crippen molar-refractivity contribution in [2.24, 2.45) is 0 Å². The van der Waals surface area contributed by atoms with Gasteiger partial charge in [0.05, 0.1) is 0 Å². The summed E-state index contributed by atoms with van der Waals surface area (Å²) in [7, 11) is 0. The van der Waals surface area contributed by atoms with E-state index >= 15 is 0 Å². The van der Waals surface area contributed by atoms with Crippen molar-refractivity contribution < 1.29 is 9.21 Å². The van der Waals surface area contributed by atoms with Gasteiger partial charge < -0.3 is 4.42 Å². The van der Waals surface area contributed by atoms with Crippen LogP contribution < -0.4 is 5.32 Å². The van der Waals surface area contributed by atoms with E-state index in [2.05, 4.69) is 36.3 Å². The molecule has 0 aliphatic heterocycles. The number of hydrogen-bond donors (Lipinski definition) is 1. The number of nitrogens with one attached hydrogen (secondary N) is 1. The third-order valence-electron chi connectivity index (χ3n) is 3.53. The fourth-order valence-electron chi connectivity index (χ4n) is 2.40. The summed E-state index contributed by atoms with van der Waals surface area (Å²) in [4.78, 5) is 14.6. The Balaban J connectivity index is 1.69. The van der Waals surface area contributed by atoms with Gasteiger partial charge in [0.2, 0.25) is 5.89 Å². The van der Waals surface area contributed by atoms with Gasteiger partial charge in [-0.05, 0) is 48.2 Å². The SMILES string of the molecule is CCSc1ccc(C(=O)Nc2nnc(-c3cccc(SC(C)C)c3)o2)cc1. The molecule has 0 atom stereocenters. The van der Waals surface area contributed by atoms with Crippen LogP contribution in [0.3, 0.4) is 0 Å². The fourth-order valence-corrected chi connectivity index (χ4v) is 3.96. The zero-order chi connectivity index (χ0) is 19.2. The summed E-state index contributed by atoms with van der Waals surface area (Å²) in [6.45, 7) is 6.38. The van der Waals surface area contributed by atoms with E-state index in [9.17, 15) is 4.79 Å². The number of rotatable bonds is 7. The van der Waals surface area contributed by atoms with E-state index in [1.54, 1.807) is 35.7 Å². The van der Waals surface area contributed by atoms with Gasteiger partial charge in [0, 0.05) is 26.2 Å². The Kier molecular flexibility index (Phi) is 6.58. The fraction of sp³-hybridized carbons (Fsp3) is 0.250. The minimum atomic E-state index is -0.276.